The highest BCUT2D eigenvalue weighted by atomic mass is 35.5. The Hall–Kier alpha value is -0.130. The molecule has 1 aliphatic rings. The Morgan fingerprint density at radius 3 is 2.61 bits per heavy atom. The molecule has 1 fully saturated rings. The van der Waals surface area contributed by atoms with E-state index in [-0.39, 0.29) is 17.9 Å². The van der Waals surface area contributed by atoms with Gasteiger partial charge in [-0.05, 0) is 25.0 Å². The fourth-order valence-corrected chi connectivity index (χ4v) is 4.36. The summed E-state index contributed by atoms with van der Waals surface area (Å²) < 4.78 is 0.804. The minimum Gasteiger partial charge on any atom is -0.319 e. The molecule has 2 N–H and O–H groups in total. The van der Waals surface area contributed by atoms with Gasteiger partial charge in [-0.2, -0.15) is 0 Å². The highest BCUT2D eigenvalue weighted by molar-refractivity contribution is 7.19. The quantitative estimate of drug-likeness (QED) is 0.872. The van der Waals surface area contributed by atoms with E-state index >= 15 is 0 Å². The minimum absolute atomic E-state index is 0. The third-order valence-electron chi connectivity index (χ3n) is 3.25. The SMILES string of the molecule is Cl.NC1(c2nc(-c3ccc(Cl)s3)cs2)CCCC1. The van der Waals surface area contributed by atoms with Crippen LogP contribution >= 0.6 is 46.7 Å². The Bertz CT molecular complexity index is 530. The normalized spacial score (nSPS) is 17.7. The van der Waals surface area contributed by atoms with Gasteiger partial charge in [0.05, 0.1) is 20.4 Å². The minimum atomic E-state index is -0.177. The molecule has 0 atom stereocenters. The lowest BCUT2D eigenvalue weighted by atomic mass is 10.0. The van der Waals surface area contributed by atoms with E-state index in [9.17, 15) is 0 Å². The van der Waals surface area contributed by atoms with E-state index in [0.29, 0.717) is 0 Å². The molecule has 18 heavy (non-hydrogen) atoms. The monoisotopic (exact) mass is 320 g/mol. The second kappa shape index (κ2) is 5.47. The summed E-state index contributed by atoms with van der Waals surface area (Å²) in [6.07, 6.45) is 4.56. The van der Waals surface area contributed by atoms with E-state index in [2.05, 4.69) is 5.38 Å². The molecular weight excluding hydrogens is 307 g/mol. The number of rotatable bonds is 2. The lowest BCUT2D eigenvalue weighted by Crippen LogP contribution is -2.32. The number of hydrogen-bond acceptors (Lipinski definition) is 4. The summed E-state index contributed by atoms with van der Waals surface area (Å²) in [6.45, 7) is 0. The lowest BCUT2D eigenvalue weighted by molar-refractivity contribution is 0.459. The molecule has 0 radical (unpaired) electrons. The van der Waals surface area contributed by atoms with Crippen molar-refractivity contribution < 1.29 is 0 Å². The molecule has 2 heterocycles. The highest BCUT2D eigenvalue weighted by Gasteiger charge is 2.34. The summed E-state index contributed by atoms with van der Waals surface area (Å²) in [5.74, 6) is 0. The molecule has 0 unspecified atom stereocenters. The first-order valence-corrected chi connectivity index (χ1v) is 7.75. The fraction of sp³-hybridized carbons (Fsp3) is 0.417. The first-order valence-electron chi connectivity index (χ1n) is 5.68. The first kappa shape index (κ1) is 14.3. The average Bonchev–Trinajstić information content (AvgIpc) is 2.96. The Morgan fingerprint density at radius 2 is 2.00 bits per heavy atom. The van der Waals surface area contributed by atoms with Crippen molar-refractivity contribution in [3.63, 3.8) is 0 Å². The Morgan fingerprint density at radius 1 is 1.28 bits per heavy atom. The Balaban J connectivity index is 0.00000120. The van der Waals surface area contributed by atoms with E-state index in [0.717, 1.165) is 32.8 Å². The molecular formula is C12H14Cl2N2S2. The summed E-state index contributed by atoms with van der Waals surface area (Å²) in [7, 11) is 0. The molecule has 2 nitrogen and oxygen atoms in total. The molecule has 3 rings (SSSR count). The summed E-state index contributed by atoms with van der Waals surface area (Å²) in [4.78, 5) is 5.82. The summed E-state index contributed by atoms with van der Waals surface area (Å²) in [6, 6.07) is 3.93. The van der Waals surface area contributed by atoms with Crippen molar-refractivity contribution in [1.82, 2.24) is 4.98 Å². The number of thiophene rings is 1. The van der Waals surface area contributed by atoms with E-state index < -0.39 is 0 Å². The second-order valence-electron chi connectivity index (χ2n) is 4.50. The van der Waals surface area contributed by atoms with Crippen LogP contribution in [0.5, 0.6) is 0 Å². The van der Waals surface area contributed by atoms with Crippen LogP contribution in [0.1, 0.15) is 30.7 Å². The third kappa shape index (κ3) is 2.58. The number of hydrogen-bond donors (Lipinski definition) is 1. The topological polar surface area (TPSA) is 38.9 Å². The molecule has 1 aliphatic carbocycles. The van der Waals surface area contributed by atoms with Crippen LogP contribution in [0.4, 0.5) is 0 Å². The van der Waals surface area contributed by atoms with Gasteiger partial charge in [-0.25, -0.2) is 4.98 Å². The molecule has 1 saturated carbocycles. The van der Waals surface area contributed by atoms with Gasteiger partial charge in [0.2, 0.25) is 0 Å². The zero-order valence-corrected chi connectivity index (χ0v) is 12.9. The zero-order valence-electron chi connectivity index (χ0n) is 9.69. The molecule has 2 aromatic heterocycles. The summed E-state index contributed by atoms with van der Waals surface area (Å²) in [5.41, 5.74) is 7.24. The standard InChI is InChI=1S/C12H13ClN2S2.ClH/c13-10-4-3-9(17-10)8-7-16-11(15-8)12(14)5-1-2-6-12;/h3-4,7H,1-2,5-6,14H2;1H. The largest absolute Gasteiger partial charge is 0.319 e. The summed E-state index contributed by atoms with van der Waals surface area (Å²) in [5, 5.41) is 3.17. The van der Waals surface area contributed by atoms with Crippen molar-refractivity contribution in [2.24, 2.45) is 5.73 Å². The fourth-order valence-electron chi connectivity index (χ4n) is 2.29. The molecule has 0 spiro atoms. The third-order valence-corrected chi connectivity index (χ3v) is 5.57. The van der Waals surface area contributed by atoms with Crippen molar-refractivity contribution in [2.45, 2.75) is 31.2 Å². The Labute approximate surface area is 126 Å². The number of nitrogens with zero attached hydrogens (tertiary/aromatic N) is 1. The van der Waals surface area contributed by atoms with Crippen molar-refractivity contribution >= 4 is 46.7 Å². The number of aromatic nitrogens is 1. The van der Waals surface area contributed by atoms with Gasteiger partial charge in [-0.1, -0.05) is 24.4 Å². The maximum absolute atomic E-state index is 6.40. The van der Waals surface area contributed by atoms with Crippen molar-refractivity contribution in [2.75, 3.05) is 0 Å². The van der Waals surface area contributed by atoms with Crippen LogP contribution in [-0.4, -0.2) is 4.98 Å². The van der Waals surface area contributed by atoms with Crippen molar-refractivity contribution in [1.29, 1.82) is 0 Å². The average molecular weight is 321 g/mol. The van der Waals surface area contributed by atoms with Gasteiger partial charge in [0.15, 0.2) is 0 Å². The van der Waals surface area contributed by atoms with Crippen LogP contribution in [0.15, 0.2) is 17.5 Å². The van der Waals surface area contributed by atoms with E-state index in [1.165, 1.54) is 12.8 Å². The molecule has 0 amide bonds. The molecule has 6 heteroatoms. The lowest BCUT2D eigenvalue weighted by Gasteiger charge is -2.19. The maximum atomic E-state index is 6.40. The smallest absolute Gasteiger partial charge is 0.113 e. The van der Waals surface area contributed by atoms with E-state index in [4.69, 9.17) is 22.3 Å². The Kier molecular flexibility index (Phi) is 4.34. The van der Waals surface area contributed by atoms with Crippen LogP contribution < -0.4 is 5.73 Å². The van der Waals surface area contributed by atoms with Gasteiger partial charge < -0.3 is 5.73 Å². The zero-order chi connectivity index (χ0) is 11.9. The van der Waals surface area contributed by atoms with Crippen LogP contribution in [0.2, 0.25) is 4.34 Å². The maximum Gasteiger partial charge on any atom is 0.113 e. The van der Waals surface area contributed by atoms with Crippen LogP contribution in [0, 0.1) is 0 Å². The number of halogens is 2. The van der Waals surface area contributed by atoms with Gasteiger partial charge in [0.25, 0.3) is 0 Å². The molecule has 0 aromatic carbocycles. The van der Waals surface area contributed by atoms with Crippen LogP contribution in [-0.2, 0) is 5.54 Å². The van der Waals surface area contributed by atoms with Gasteiger partial charge in [-0.3, -0.25) is 0 Å². The van der Waals surface area contributed by atoms with Crippen LogP contribution in [0.25, 0.3) is 10.6 Å². The van der Waals surface area contributed by atoms with Gasteiger partial charge in [0.1, 0.15) is 5.01 Å². The van der Waals surface area contributed by atoms with E-state index in [1.807, 2.05) is 12.1 Å². The summed E-state index contributed by atoms with van der Waals surface area (Å²) >= 11 is 9.18. The number of nitrogens with two attached hydrogens (primary N) is 1. The second-order valence-corrected chi connectivity index (χ2v) is 7.08. The van der Waals surface area contributed by atoms with E-state index in [1.54, 1.807) is 22.7 Å². The van der Waals surface area contributed by atoms with Crippen molar-refractivity contribution in [3.05, 3.63) is 26.9 Å². The predicted octanol–water partition coefficient (Wildman–Crippen LogP) is 4.67. The van der Waals surface area contributed by atoms with Crippen molar-refractivity contribution in [3.8, 4) is 10.6 Å². The van der Waals surface area contributed by atoms with Gasteiger partial charge in [-0.15, -0.1) is 35.1 Å². The highest BCUT2D eigenvalue weighted by Crippen LogP contribution is 2.40. The predicted molar refractivity (Wildman–Crippen MR) is 82.0 cm³/mol. The molecule has 2 aromatic rings. The van der Waals surface area contributed by atoms with Crippen LogP contribution in [0.3, 0.4) is 0 Å². The molecule has 0 saturated heterocycles. The molecule has 98 valence electrons. The molecule has 0 aliphatic heterocycles. The van der Waals surface area contributed by atoms with Gasteiger partial charge >= 0.3 is 0 Å². The first-order chi connectivity index (χ1) is 8.17. The molecule has 0 bridgehead atoms. The number of thiazole rings is 1. The van der Waals surface area contributed by atoms with Gasteiger partial charge in [0, 0.05) is 5.38 Å².